The number of hydrogen-bond donors (Lipinski definition) is 0. The number of nitrogens with zero attached hydrogens (tertiary/aromatic N) is 3. The molecule has 0 unspecified atom stereocenters. The number of halogens is 2. The topological polar surface area (TPSA) is 9.72 Å². The van der Waals surface area contributed by atoms with Crippen LogP contribution < -0.4 is 9.80 Å². The predicted octanol–water partition coefficient (Wildman–Crippen LogP) is 6.71. The maximum atomic E-state index is 7.53. The van der Waals surface area contributed by atoms with Crippen LogP contribution in [0, 0.1) is 27.7 Å². The van der Waals surface area contributed by atoms with E-state index in [9.17, 15) is 0 Å². The van der Waals surface area contributed by atoms with E-state index >= 15 is 0 Å². The van der Waals surface area contributed by atoms with Gasteiger partial charge in [-0.15, -0.1) is 0 Å². The van der Waals surface area contributed by atoms with Crippen molar-refractivity contribution in [3.8, 4) is 0 Å². The second-order valence-corrected chi connectivity index (χ2v) is 18.8. The number of benzene rings is 3. The molecule has 0 radical (unpaired) electrons. The van der Waals surface area contributed by atoms with Gasteiger partial charge in [0.2, 0.25) is 0 Å². The number of hydrogen-bond acceptors (Lipinski definition) is 3. The molecular formula is C29H35Cl2N3Ru. The fourth-order valence-corrected chi connectivity index (χ4v) is 11.1. The zero-order valence-electron chi connectivity index (χ0n) is 21.4. The first-order chi connectivity index (χ1) is 16.6. The van der Waals surface area contributed by atoms with Gasteiger partial charge in [-0.2, -0.15) is 0 Å². The van der Waals surface area contributed by atoms with Crippen molar-refractivity contribution in [2.24, 2.45) is 0 Å². The third-order valence-electron chi connectivity index (χ3n) is 6.39. The zero-order chi connectivity index (χ0) is 25.3. The molecule has 1 saturated heterocycles. The minimum atomic E-state index is -3.52. The molecule has 3 aromatic carbocycles. The summed E-state index contributed by atoms with van der Waals surface area (Å²) in [5.74, 6) is 0. The van der Waals surface area contributed by atoms with Crippen LogP contribution in [0.15, 0.2) is 60.7 Å². The van der Waals surface area contributed by atoms with E-state index in [1.165, 1.54) is 39.2 Å². The molecule has 0 spiro atoms. The van der Waals surface area contributed by atoms with Crippen molar-refractivity contribution in [3.05, 3.63) is 94.0 Å². The quantitative estimate of drug-likeness (QED) is 0.303. The van der Waals surface area contributed by atoms with E-state index in [0.29, 0.717) is 0 Å². The van der Waals surface area contributed by atoms with Crippen LogP contribution in [-0.2, 0) is 18.4 Å². The predicted molar refractivity (Wildman–Crippen MR) is 152 cm³/mol. The summed E-state index contributed by atoms with van der Waals surface area (Å²) in [6.07, 6.45) is 0. The van der Waals surface area contributed by atoms with Gasteiger partial charge >= 0.3 is 222 Å². The fraction of sp³-hybridized carbons (Fsp3) is 0.310. The summed E-state index contributed by atoms with van der Waals surface area (Å²) in [4.78, 5) is 6.97. The van der Waals surface area contributed by atoms with E-state index in [-0.39, 0.29) is 0 Å². The average Bonchev–Trinajstić information content (AvgIpc) is 3.19. The van der Waals surface area contributed by atoms with Crippen LogP contribution in [0.2, 0.25) is 0 Å². The first-order valence-electron chi connectivity index (χ1n) is 11.8. The maximum absolute atomic E-state index is 7.53. The summed E-state index contributed by atoms with van der Waals surface area (Å²) >= 11 is -3.52. The van der Waals surface area contributed by atoms with Crippen molar-refractivity contribution in [2.45, 2.75) is 34.2 Å². The van der Waals surface area contributed by atoms with E-state index < -0.39 is 11.9 Å². The van der Waals surface area contributed by atoms with Crippen molar-refractivity contribution in [3.63, 3.8) is 0 Å². The molecule has 1 aliphatic heterocycles. The van der Waals surface area contributed by atoms with Crippen LogP contribution in [0.25, 0.3) is 0 Å². The molecule has 1 aliphatic rings. The van der Waals surface area contributed by atoms with Crippen molar-refractivity contribution in [1.82, 2.24) is 4.90 Å². The average molecular weight is 598 g/mol. The second kappa shape index (κ2) is 10.6. The number of aryl methyl sites for hydroxylation is 4. The van der Waals surface area contributed by atoms with Crippen molar-refractivity contribution in [2.75, 3.05) is 37.0 Å². The van der Waals surface area contributed by atoms with Gasteiger partial charge in [0, 0.05) is 0 Å². The van der Waals surface area contributed by atoms with E-state index in [2.05, 4.69) is 122 Å². The zero-order valence-corrected chi connectivity index (χ0v) is 24.7. The van der Waals surface area contributed by atoms with Gasteiger partial charge in [0.25, 0.3) is 0 Å². The molecule has 6 heteroatoms. The Bertz CT molecular complexity index is 1260. The van der Waals surface area contributed by atoms with Crippen molar-refractivity contribution >= 4 is 39.7 Å². The second-order valence-electron chi connectivity index (χ2n) is 9.52. The molecule has 0 aromatic heterocycles. The molecule has 0 aliphatic carbocycles. The van der Waals surface area contributed by atoms with Gasteiger partial charge in [-0.05, 0) is 0 Å². The molecule has 0 bridgehead atoms. The van der Waals surface area contributed by atoms with Crippen LogP contribution in [0.4, 0.5) is 11.4 Å². The molecule has 35 heavy (non-hydrogen) atoms. The van der Waals surface area contributed by atoms with Gasteiger partial charge in [-0.25, -0.2) is 0 Å². The van der Waals surface area contributed by atoms with Crippen LogP contribution in [-0.4, -0.2) is 41.0 Å². The molecule has 0 amide bonds. The summed E-state index contributed by atoms with van der Waals surface area (Å²) in [5.41, 5.74) is 9.75. The first kappa shape index (κ1) is 26.2. The monoisotopic (exact) mass is 597 g/mol. The van der Waals surface area contributed by atoms with Gasteiger partial charge in [0.1, 0.15) is 0 Å². The molecule has 1 heterocycles. The van der Waals surface area contributed by atoms with E-state index in [0.717, 1.165) is 29.6 Å². The SMILES string of the molecule is Cc1cccc(C)c1N1CCN(c2c(C)cccc2C)[C]1=[Ru]([Cl])([Cl])=[CH]c1ccccc1CN(C)C. The Morgan fingerprint density at radius 3 is 1.66 bits per heavy atom. The normalized spacial score (nSPS) is 14.7. The number of para-hydroxylation sites is 2. The standard InChI is InChI=1S/C19H22N2.C10H13N.2ClH.Ru/c1-14-7-5-8-15(2)18(14)20-11-12-21(13-20)19-16(3)9-6-10-17(19)4;1-9-6-4-5-7-10(9)8-11(2)3;;;/h5-10H,11-12H2,1-4H3;1,4-7H,8H2,2-3H3;2*1H;/q;;;;+2/p-2. The van der Waals surface area contributed by atoms with Crippen LogP contribution in [0.5, 0.6) is 0 Å². The first-order valence-corrected chi connectivity index (χ1v) is 18.2. The Balaban J connectivity index is 2.02. The van der Waals surface area contributed by atoms with Gasteiger partial charge in [-0.1, -0.05) is 0 Å². The Kier molecular flexibility index (Phi) is 7.98. The molecular weight excluding hydrogens is 562 g/mol. The Labute approximate surface area is 220 Å². The third-order valence-corrected chi connectivity index (χ3v) is 11.9. The molecule has 1 fully saturated rings. The van der Waals surface area contributed by atoms with Crippen LogP contribution in [0.1, 0.15) is 33.4 Å². The molecule has 3 nitrogen and oxygen atoms in total. The van der Waals surface area contributed by atoms with Crippen molar-refractivity contribution < 1.29 is 11.9 Å². The van der Waals surface area contributed by atoms with Crippen LogP contribution in [0.3, 0.4) is 0 Å². The number of anilines is 2. The Morgan fingerprint density at radius 1 is 0.743 bits per heavy atom. The minimum absolute atomic E-state index is 0.840. The summed E-state index contributed by atoms with van der Waals surface area (Å²) in [6.45, 7) is 11.2. The van der Waals surface area contributed by atoms with E-state index in [1.54, 1.807) is 0 Å². The molecule has 3 aromatic rings. The summed E-state index contributed by atoms with van der Waals surface area (Å²) in [7, 11) is 19.2. The summed E-state index contributed by atoms with van der Waals surface area (Å²) in [6, 6.07) is 21.4. The van der Waals surface area contributed by atoms with E-state index in [4.69, 9.17) is 19.4 Å². The molecule has 0 atom stereocenters. The third kappa shape index (κ3) is 5.47. The summed E-state index contributed by atoms with van der Waals surface area (Å²) in [5, 5.41) is 0. The van der Waals surface area contributed by atoms with Gasteiger partial charge in [-0.3, -0.25) is 0 Å². The van der Waals surface area contributed by atoms with Crippen molar-refractivity contribution in [1.29, 1.82) is 0 Å². The fourth-order valence-electron chi connectivity index (χ4n) is 4.95. The summed E-state index contributed by atoms with van der Waals surface area (Å²) < 4.78 is 3.24. The molecule has 4 rings (SSSR count). The van der Waals surface area contributed by atoms with Gasteiger partial charge in [0.15, 0.2) is 0 Å². The Hall–Kier alpha value is -1.84. The van der Waals surface area contributed by atoms with E-state index in [1.807, 2.05) is 0 Å². The Morgan fingerprint density at radius 2 is 1.20 bits per heavy atom. The molecule has 0 N–H and O–H groups in total. The van der Waals surface area contributed by atoms with Gasteiger partial charge < -0.3 is 0 Å². The molecule has 188 valence electrons. The number of rotatable bonds is 5. The van der Waals surface area contributed by atoms with Gasteiger partial charge in [0.05, 0.1) is 0 Å². The molecule has 0 saturated carbocycles. The van der Waals surface area contributed by atoms with Crippen LogP contribution >= 0.6 is 19.4 Å².